The molecule has 100 valence electrons. The molecule has 0 atom stereocenters. The lowest BCUT2D eigenvalue weighted by molar-refractivity contribution is 0.572. The Bertz CT molecular complexity index is 524. The van der Waals surface area contributed by atoms with E-state index in [4.69, 9.17) is 0 Å². The van der Waals surface area contributed by atoms with Gasteiger partial charge < -0.3 is 5.32 Å². The molecule has 0 unspecified atom stereocenters. The number of hydrogen-bond donors (Lipinski definition) is 2. The summed E-state index contributed by atoms with van der Waals surface area (Å²) in [5.41, 5.74) is 3.41. The molecule has 0 spiro atoms. The maximum absolute atomic E-state index is 11.7. The normalized spacial score (nSPS) is 15.3. The number of nitrogens with one attached hydrogen (secondary N) is 2. The molecule has 0 saturated heterocycles. The first-order chi connectivity index (χ1) is 8.50. The van der Waals surface area contributed by atoms with E-state index >= 15 is 0 Å². The summed E-state index contributed by atoms with van der Waals surface area (Å²) in [6.07, 6.45) is 2.20. The number of para-hydroxylation sites is 1. The van der Waals surface area contributed by atoms with E-state index in [2.05, 4.69) is 16.1 Å². The standard InChI is InChI=1S/C13H20N2O2S/c1-10(2)18(16,17)15-9-12-6-3-5-11-7-4-8-14-13(11)12/h3,5-6,10,14-15H,4,7-9H2,1-2H3. The molecule has 1 aromatic rings. The molecule has 0 fully saturated rings. The lowest BCUT2D eigenvalue weighted by atomic mass is 9.99. The number of hydrogen-bond acceptors (Lipinski definition) is 3. The molecule has 2 N–H and O–H groups in total. The van der Waals surface area contributed by atoms with E-state index in [-0.39, 0.29) is 0 Å². The van der Waals surface area contributed by atoms with E-state index in [1.54, 1.807) is 13.8 Å². The van der Waals surface area contributed by atoms with Crippen molar-refractivity contribution in [3.05, 3.63) is 29.3 Å². The number of rotatable bonds is 4. The Morgan fingerprint density at radius 1 is 1.39 bits per heavy atom. The smallest absolute Gasteiger partial charge is 0.214 e. The Balaban J connectivity index is 2.16. The van der Waals surface area contributed by atoms with Crippen molar-refractivity contribution in [3.63, 3.8) is 0 Å². The Morgan fingerprint density at radius 2 is 2.17 bits per heavy atom. The average molecular weight is 268 g/mol. The van der Waals surface area contributed by atoms with Gasteiger partial charge in [-0.1, -0.05) is 18.2 Å². The van der Waals surface area contributed by atoms with Gasteiger partial charge in [0.15, 0.2) is 0 Å². The predicted molar refractivity (Wildman–Crippen MR) is 74.1 cm³/mol. The molecule has 5 heteroatoms. The molecular weight excluding hydrogens is 248 g/mol. The van der Waals surface area contributed by atoms with E-state index in [0.29, 0.717) is 6.54 Å². The highest BCUT2D eigenvalue weighted by atomic mass is 32.2. The van der Waals surface area contributed by atoms with Crippen molar-refractivity contribution in [2.75, 3.05) is 11.9 Å². The summed E-state index contributed by atoms with van der Waals surface area (Å²) in [6, 6.07) is 6.06. The molecular formula is C13H20N2O2S. The van der Waals surface area contributed by atoms with Crippen LogP contribution in [-0.4, -0.2) is 20.2 Å². The molecule has 1 aromatic carbocycles. The summed E-state index contributed by atoms with van der Waals surface area (Å²) >= 11 is 0. The number of anilines is 1. The minimum Gasteiger partial charge on any atom is -0.385 e. The van der Waals surface area contributed by atoms with Crippen molar-refractivity contribution in [1.29, 1.82) is 0 Å². The van der Waals surface area contributed by atoms with Gasteiger partial charge in [-0.15, -0.1) is 0 Å². The lowest BCUT2D eigenvalue weighted by Gasteiger charge is -2.21. The summed E-state index contributed by atoms with van der Waals surface area (Å²) in [7, 11) is -3.20. The van der Waals surface area contributed by atoms with Crippen molar-refractivity contribution in [3.8, 4) is 0 Å². The maximum atomic E-state index is 11.7. The van der Waals surface area contributed by atoms with Gasteiger partial charge in [0.05, 0.1) is 5.25 Å². The topological polar surface area (TPSA) is 58.2 Å². The van der Waals surface area contributed by atoms with Crippen LogP contribution in [0.3, 0.4) is 0 Å². The van der Waals surface area contributed by atoms with Crippen molar-refractivity contribution < 1.29 is 8.42 Å². The van der Waals surface area contributed by atoms with Crippen LogP contribution in [0, 0.1) is 0 Å². The van der Waals surface area contributed by atoms with Crippen molar-refractivity contribution >= 4 is 15.7 Å². The second-order valence-corrected chi connectivity index (χ2v) is 7.22. The van der Waals surface area contributed by atoms with E-state index in [0.717, 1.165) is 30.6 Å². The monoisotopic (exact) mass is 268 g/mol. The third-order valence-corrected chi connectivity index (χ3v) is 5.03. The summed E-state index contributed by atoms with van der Waals surface area (Å²) in [5.74, 6) is 0. The molecule has 0 amide bonds. The average Bonchev–Trinajstić information content (AvgIpc) is 2.36. The SMILES string of the molecule is CC(C)S(=O)(=O)NCc1cccc2c1NCCC2. The number of aryl methyl sites for hydroxylation is 1. The Morgan fingerprint density at radius 3 is 2.89 bits per heavy atom. The van der Waals surface area contributed by atoms with Crippen LogP contribution in [0.1, 0.15) is 31.4 Å². The quantitative estimate of drug-likeness (QED) is 0.876. The second kappa shape index (κ2) is 5.28. The van der Waals surface area contributed by atoms with Gasteiger partial charge in [0.1, 0.15) is 0 Å². The Hall–Kier alpha value is -1.07. The molecule has 0 bridgehead atoms. The minimum atomic E-state index is -3.20. The van der Waals surface area contributed by atoms with Gasteiger partial charge in [-0.3, -0.25) is 0 Å². The molecule has 1 aliphatic heterocycles. The molecule has 1 aliphatic rings. The zero-order valence-electron chi connectivity index (χ0n) is 10.9. The molecule has 2 rings (SSSR count). The van der Waals surface area contributed by atoms with Crippen LogP contribution in [0.15, 0.2) is 18.2 Å². The Kier molecular flexibility index (Phi) is 3.92. The molecule has 0 aliphatic carbocycles. The third-order valence-electron chi connectivity index (χ3n) is 3.25. The summed E-state index contributed by atoms with van der Waals surface area (Å²) in [4.78, 5) is 0. The fourth-order valence-corrected chi connectivity index (χ4v) is 2.76. The lowest BCUT2D eigenvalue weighted by Crippen LogP contribution is -2.30. The highest BCUT2D eigenvalue weighted by Crippen LogP contribution is 2.26. The van der Waals surface area contributed by atoms with Gasteiger partial charge in [-0.05, 0) is 37.8 Å². The summed E-state index contributed by atoms with van der Waals surface area (Å²) in [6.45, 7) is 4.68. The molecule has 1 heterocycles. The summed E-state index contributed by atoms with van der Waals surface area (Å²) < 4.78 is 26.1. The second-order valence-electron chi connectivity index (χ2n) is 4.90. The highest BCUT2D eigenvalue weighted by Gasteiger charge is 2.17. The molecule has 0 radical (unpaired) electrons. The maximum Gasteiger partial charge on any atom is 0.214 e. The van der Waals surface area contributed by atoms with Crippen LogP contribution in [0.4, 0.5) is 5.69 Å². The first kappa shape index (κ1) is 13.4. The van der Waals surface area contributed by atoms with E-state index in [1.165, 1.54) is 5.56 Å². The highest BCUT2D eigenvalue weighted by molar-refractivity contribution is 7.90. The minimum absolute atomic E-state index is 0.358. The van der Waals surface area contributed by atoms with Crippen LogP contribution >= 0.6 is 0 Å². The number of fused-ring (bicyclic) bond motifs is 1. The van der Waals surface area contributed by atoms with Crippen LogP contribution in [-0.2, 0) is 23.0 Å². The fraction of sp³-hybridized carbons (Fsp3) is 0.538. The molecule has 0 saturated carbocycles. The van der Waals surface area contributed by atoms with Gasteiger partial charge in [0.25, 0.3) is 0 Å². The van der Waals surface area contributed by atoms with Gasteiger partial charge >= 0.3 is 0 Å². The predicted octanol–water partition coefficient (Wildman–Crippen LogP) is 1.87. The van der Waals surface area contributed by atoms with E-state index < -0.39 is 15.3 Å². The van der Waals surface area contributed by atoms with Crippen molar-refractivity contribution in [1.82, 2.24) is 4.72 Å². The van der Waals surface area contributed by atoms with Gasteiger partial charge in [0.2, 0.25) is 10.0 Å². The number of benzene rings is 1. The first-order valence-corrected chi connectivity index (χ1v) is 7.88. The first-order valence-electron chi connectivity index (χ1n) is 6.34. The van der Waals surface area contributed by atoms with Crippen LogP contribution in [0.25, 0.3) is 0 Å². The Labute approximate surface area is 109 Å². The molecule has 0 aromatic heterocycles. The van der Waals surface area contributed by atoms with Gasteiger partial charge in [-0.2, -0.15) is 0 Å². The van der Waals surface area contributed by atoms with E-state index in [9.17, 15) is 8.42 Å². The summed E-state index contributed by atoms with van der Waals surface area (Å²) in [5, 5.41) is 2.96. The van der Waals surface area contributed by atoms with Crippen molar-refractivity contribution in [2.24, 2.45) is 0 Å². The molecule has 4 nitrogen and oxygen atoms in total. The molecule has 18 heavy (non-hydrogen) atoms. The van der Waals surface area contributed by atoms with Crippen LogP contribution in [0.2, 0.25) is 0 Å². The van der Waals surface area contributed by atoms with Crippen LogP contribution < -0.4 is 10.0 Å². The van der Waals surface area contributed by atoms with E-state index in [1.807, 2.05) is 12.1 Å². The third kappa shape index (κ3) is 2.84. The van der Waals surface area contributed by atoms with Gasteiger partial charge in [-0.25, -0.2) is 13.1 Å². The zero-order valence-corrected chi connectivity index (χ0v) is 11.7. The fourth-order valence-electron chi connectivity index (χ4n) is 2.07. The number of sulfonamides is 1. The van der Waals surface area contributed by atoms with Crippen LogP contribution in [0.5, 0.6) is 0 Å². The van der Waals surface area contributed by atoms with Gasteiger partial charge in [0, 0.05) is 18.8 Å². The largest absolute Gasteiger partial charge is 0.385 e. The zero-order chi connectivity index (χ0) is 13.2. The van der Waals surface area contributed by atoms with Crippen molar-refractivity contribution in [2.45, 2.75) is 38.5 Å².